The zero-order valence-corrected chi connectivity index (χ0v) is 12.6. The Balaban J connectivity index is 2.07. The highest BCUT2D eigenvalue weighted by Crippen LogP contribution is 2.14. The third-order valence-corrected chi connectivity index (χ3v) is 2.90. The number of esters is 1. The Kier molecular flexibility index (Phi) is 5.05. The van der Waals surface area contributed by atoms with E-state index >= 15 is 0 Å². The normalized spacial score (nSPS) is 10.5. The highest BCUT2D eigenvalue weighted by Gasteiger charge is 2.12. The fourth-order valence-electron chi connectivity index (χ4n) is 1.81. The van der Waals surface area contributed by atoms with E-state index in [2.05, 4.69) is 5.32 Å². The number of halogens is 2. The van der Waals surface area contributed by atoms with Gasteiger partial charge >= 0.3 is 5.97 Å². The summed E-state index contributed by atoms with van der Waals surface area (Å²) in [5.74, 6) is -3.15. The zero-order valence-electron chi connectivity index (χ0n) is 12.6. The molecule has 0 bridgehead atoms. The number of rotatable bonds is 4. The van der Waals surface area contributed by atoms with Gasteiger partial charge in [-0.05, 0) is 56.3 Å². The van der Waals surface area contributed by atoms with Gasteiger partial charge in [0.25, 0.3) is 5.91 Å². The van der Waals surface area contributed by atoms with Crippen molar-refractivity contribution < 1.29 is 23.1 Å². The summed E-state index contributed by atoms with van der Waals surface area (Å²) in [6.45, 7) is 3.49. The van der Waals surface area contributed by atoms with Crippen molar-refractivity contribution in [3.05, 3.63) is 65.2 Å². The van der Waals surface area contributed by atoms with Gasteiger partial charge in [-0.15, -0.1) is 0 Å². The van der Waals surface area contributed by atoms with Crippen LogP contribution in [-0.4, -0.2) is 18.0 Å². The van der Waals surface area contributed by atoms with E-state index in [1.807, 2.05) is 0 Å². The Morgan fingerprint density at radius 1 is 0.957 bits per heavy atom. The summed E-state index contributed by atoms with van der Waals surface area (Å²) < 4.78 is 31.0. The van der Waals surface area contributed by atoms with E-state index in [1.54, 1.807) is 13.8 Å². The molecule has 2 aromatic rings. The van der Waals surface area contributed by atoms with Crippen molar-refractivity contribution >= 4 is 17.6 Å². The Morgan fingerprint density at radius 2 is 1.57 bits per heavy atom. The SMILES string of the molecule is CC(C)OC(=O)c1ccc(NC(=O)c2ccc(F)c(F)c2)cc1. The molecule has 0 atom stereocenters. The number of anilines is 1. The van der Waals surface area contributed by atoms with Crippen LogP contribution in [0.25, 0.3) is 0 Å². The van der Waals surface area contributed by atoms with E-state index in [0.29, 0.717) is 11.3 Å². The molecule has 0 aliphatic heterocycles. The maximum atomic E-state index is 13.1. The molecule has 0 saturated heterocycles. The molecule has 0 aliphatic rings. The van der Waals surface area contributed by atoms with E-state index in [4.69, 9.17) is 4.74 Å². The standard InChI is InChI=1S/C17H15F2NO3/c1-10(2)23-17(22)11-3-6-13(7-4-11)20-16(21)12-5-8-14(18)15(19)9-12/h3-10H,1-2H3,(H,20,21). The maximum absolute atomic E-state index is 13.1. The first-order valence-electron chi connectivity index (χ1n) is 6.94. The van der Waals surface area contributed by atoms with Gasteiger partial charge in [0.05, 0.1) is 11.7 Å². The topological polar surface area (TPSA) is 55.4 Å². The average molecular weight is 319 g/mol. The minimum Gasteiger partial charge on any atom is -0.459 e. The third-order valence-electron chi connectivity index (χ3n) is 2.90. The highest BCUT2D eigenvalue weighted by atomic mass is 19.2. The number of benzene rings is 2. The number of amides is 1. The lowest BCUT2D eigenvalue weighted by molar-refractivity contribution is 0.0378. The van der Waals surface area contributed by atoms with E-state index in [1.165, 1.54) is 30.3 Å². The lowest BCUT2D eigenvalue weighted by atomic mass is 10.1. The second-order valence-corrected chi connectivity index (χ2v) is 5.11. The molecule has 0 fully saturated rings. The van der Waals surface area contributed by atoms with Gasteiger partial charge in [0.15, 0.2) is 11.6 Å². The van der Waals surface area contributed by atoms with Gasteiger partial charge in [-0.3, -0.25) is 4.79 Å². The van der Waals surface area contributed by atoms with Crippen molar-refractivity contribution in [2.75, 3.05) is 5.32 Å². The molecule has 0 unspecified atom stereocenters. The van der Waals surface area contributed by atoms with Gasteiger partial charge in [0.2, 0.25) is 0 Å². The molecule has 1 amide bonds. The molecular weight excluding hydrogens is 304 g/mol. The molecule has 0 aliphatic carbocycles. The average Bonchev–Trinajstić information content (AvgIpc) is 2.50. The monoisotopic (exact) mass is 319 g/mol. The van der Waals surface area contributed by atoms with Crippen molar-refractivity contribution in [2.45, 2.75) is 20.0 Å². The summed E-state index contributed by atoms with van der Waals surface area (Å²) in [6.07, 6.45) is -0.227. The lowest BCUT2D eigenvalue weighted by Gasteiger charge is -2.09. The van der Waals surface area contributed by atoms with Crippen molar-refractivity contribution in [1.82, 2.24) is 0 Å². The quantitative estimate of drug-likeness (QED) is 0.873. The van der Waals surface area contributed by atoms with Gasteiger partial charge < -0.3 is 10.1 Å². The smallest absolute Gasteiger partial charge is 0.338 e. The maximum Gasteiger partial charge on any atom is 0.338 e. The number of carbonyl (C=O) groups is 2. The first-order chi connectivity index (χ1) is 10.9. The molecule has 0 spiro atoms. The molecule has 6 heteroatoms. The van der Waals surface area contributed by atoms with Crippen LogP contribution in [0.1, 0.15) is 34.6 Å². The summed E-state index contributed by atoms with van der Waals surface area (Å²) in [6, 6.07) is 8.94. The highest BCUT2D eigenvalue weighted by molar-refractivity contribution is 6.04. The Labute approximate surface area is 132 Å². The minimum absolute atomic E-state index is 0.00723. The minimum atomic E-state index is -1.09. The fourth-order valence-corrected chi connectivity index (χ4v) is 1.81. The molecule has 0 heterocycles. The third kappa shape index (κ3) is 4.35. The number of nitrogens with one attached hydrogen (secondary N) is 1. The van der Waals surface area contributed by atoms with Crippen LogP contribution in [0.15, 0.2) is 42.5 Å². The molecule has 0 aromatic heterocycles. The van der Waals surface area contributed by atoms with Crippen molar-refractivity contribution in [2.24, 2.45) is 0 Å². The van der Waals surface area contributed by atoms with Gasteiger partial charge in [0.1, 0.15) is 0 Å². The second kappa shape index (κ2) is 7.00. The predicted octanol–water partition coefficient (Wildman–Crippen LogP) is 3.78. The molecule has 23 heavy (non-hydrogen) atoms. The fraction of sp³-hybridized carbons (Fsp3) is 0.176. The molecule has 2 aromatic carbocycles. The van der Waals surface area contributed by atoms with Crippen LogP contribution in [0.4, 0.5) is 14.5 Å². The van der Waals surface area contributed by atoms with Crippen molar-refractivity contribution in [3.8, 4) is 0 Å². The van der Waals surface area contributed by atoms with E-state index in [9.17, 15) is 18.4 Å². The van der Waals surface area contributed by atoms with E-state index in [-0.39, 0.29) is 11.7 Å². The summed E-state index contributed by atoms with van der Waals surface area (Å²) in [7, 11) is 0. The lowest BCUT2D eigenvalue weighted by Crippen LogP contribution is -2.13. The molecular formula is C17H15F2NO3. The van der Waals surface area contributed by atoms with Crippen LogP contribution in [0.5, 0.6) is 0 Å². The van der Waals surface area contributed by atoms with Crippen molar-refractivity contribution in [1.29, 1.82) is 0 Å². The molecule has 0 radical (unpaired) electrons. The number of hydrogen-bond donors (Lipinski definition) is 1. The predicted molar refractivity (Wildman–Crippen MR) is 81.3 cm³/mol. The van der Waals surface area contributed by atoms with Crippen LogP contribution >= 0.6 is 0 Å². The van der Waals surface area contributed by atoms with Gasteiger partial charge in [-0.1, -0.05) is 0 Å². The summed E-state index contributed by atoms with van der Waals surface area (Å²) in [5.41, 5.74) is 0.762. The van der Waals surface area contributed by atoms with E-state index in [0.717, 1.165) is 12.1 Å². The Hall–Kier alpha value is -2.76. The van der Waals surface area contributed by atoms with Crippen LogP contribution in [0.2, 0.25) is 0 Å². The Morgan fingerprint density at radius 3 is 2.13 bits per heavy atom. The molecule has 1 N–H and O–H groups in total. The first kappa shape index (κ1) is 16.6. The second-order valence-electron chi connectivity index (χ2n) is 5.11. The number of carbonyl (C=O) groups excluding carboxylic acids is 2. The van der Waals surface area contributed by atoms with Gasteiger partial charge in [-0.25, -0.2) is 13.6 Å². The summed E-state index contributed by atoms with van der Waals surface area (Å²) in [5, 5.41) is 2.53. The largest absolute Gasteiger partial charge is 0.459 e. The van der Waals surface area contributed by atoms with Crippen LogP contribution in [0, 0.1) is 11.6 Å². The van der Waals surface area contributed by atoms with Crippen LogP contribution in [0.3, 0.4) is 0 Å². The summed E-state index contributed by atoms with van der Waals surface area (Å²) >= 11 is 0. The first-order valence-corrected chi connectivity index (χ1v) is 6.94. The molecule has 2 rings (SSSR count). The van der Waals surface area contributed by atoms with E-state index < -0.39 is 23.5 Å². The summed E-state index contributed by atoms with van der Waals surface area (Å²) in [4.78, 5) is 23.6. The van der Waals surface area contributed by atoms with Gasteiger partial charge in [0, 0.05) is 11.3 Å². The van der Waals surface area contributed by atoms with Crippen LogP contribution in [-0.2, 0) is 4.74 Å². The zero-order chi connectivity index (χ0) is 17.0. The molecule has 120 valence electrons. The molecule has 0 saturated carbocycles. The number of hydrogen-bond acceptors (Lipinski definition) is 3. The number of ether oxygens (including phenoxy) is 1. The Bertz CT molecular complexity index is 727. The molecule has 4 nitrogen and oxygen atoms in total. The van der Waals surface area contributed by atoms with Gasteiger partial charge in [-0.2, -0.15) is 0 Å². The van der Waals surface area contributed by atoms with Crippen molar-refractivity contribution in [3.63, 3.8) is 0 Å². The van der Waals surface area contributed by atoms with Crippen LogP contribution < -0.4 is 5.32 Å².